The molecule has 0 amide bonds. The summed E-state index contributed by atoms with van der Waals surface area (Å²) < 4.78 is 26.4. The molecule has 1 saturated heterocycles. The monoisotopic (exact) mass is 635 g/mol. The zero-order valence-corrected chi connectivity index (χ0v) is 32.1. The van der Waals surface area contributed by atoms with Crippen LogP contribution in [0.2, 0.25) is 0 Å². The molecule has 248 valence electrons. The maximum absolute atomic E-state index is 13.3. The van der Waals surface area contributed by atoms with Gasteiger partial charge in [0.05, 0.1) is 71.8 Å². The summed E-state index contributed by atoms with van der Waals surface area (Å²) in [6, 6.07) is 10.5. The first-order chi connectivity index (χ1) is 20.7. The number of para-hydroxylation sites is 1. The van der Waals surface area contributed by atoms with Crippen molar-refractivity contribution in [1.82, 2.24) is 0 Å². The molecule has 0 saturated carbocycles. The van der Waals surface area contributed by atoms with Crippen LogP contribution in [0.15, 0.2) is 35.3 Å². The smallest absolute Gasteiger partial charge is 0.872 e. The molecule has 0 spiro atoms. The van der Waals surface area contributed by atoms with Crippen LogP contribution in [0.25, 0.3) is 0 Å². The van der Waals surface area contributed by atoms with Crippen molar-refractivity contribution in [2.24, 2.45) is 4.99 Å². The largest absolute Gasteiger partial charge is 1.00 e. The maximum atomic E-state index is 13.3. The summed E-state index contributed by atoms with van der Waals surface area (Å²) in [7, 11) is 0. The molecule has 3 rings (SSSR count). The number of ether oxygens (including phenoxy) is 5. The SMILES string of the molecule is C1COCCOCCOCCOCCO1.CC(C)c1cccc(C(C)C)c1N=Cc1cc(C(C)(C)C)cc(C(C)(C)C)c1[O-].[Na+]. The van der Waals surface area contributed by atoms with Crippen molar-refractivity contribution in [2.45, 2.75) is 91.9 Å². The number of hydrogen-bond donors (Lipinski definition) is 0. The molecule has 1 aliphatic heterocycles. The maximum Gasteiger partial charge on any atom is 1.00 e. The van der Waals surface area contributed by atoms with Crippen LogP contribution in [0.3, 0.4) is 0 Å². The second-order valence-electron chi connectivity index (χ2n) is 13.9. The van der Waals surface area contributed by atoms with Crippen LogP contribution in [-0.4, -0.2) is 72.3 Å². The first kappa shape index (κ1) is 41.7. The molecule has 0 N–H and O–H groups in total. The molecular weight excluding hydrogens is 577 g/mol. The fourth-order valence-corrected chi connectivity index (χ4v) is 4.63. The van der Waals surface area contributed by atoms with Crippen LogP contribution in [-0.2, 0) is 34.5 Å². The Bertz CT molecular complexity index is 1070. The molecule has 2 aromatic rings. The van der Waals surface area contributed by atoms with Gasteiger partial charge < -0.3 is 28.8 Å². The molecule has 0 radical (unpaired) electrons. The van der Waals surface area contributed by atoms with Gasteiger partial charge in [0.1, 0.15) is 0 Å². The molecule has 0 bridgehead atoms. The third-order valence-electron chi connectivity index (χ3n) is 7.33. The van der Waals surface area contributed by atoms with E-state index < -0.39 is 0 Å². The first-order valence-corrected chi connectivity index (χ1v) is 16.1. The number of hydrogen-bond acceptors (Lipinski definition) is 7. The molecule has 1 heterocycles. The molecule has 1 aliphatic rings. The first-order valence-electron chi connectivity index (χ1n) is 16.1. The van der Waals surface area contributed by atoms with E-state index in [0.29, 0.717) is 83.5 Å². The summed E-state index contributed by atoms with van der Waals surface area (Å²) in [5.41, 5.74) is 5.92. The standard InChI is InChI=1S/C27H39NO.C10H20O5.Na/c1-17(2)21-12-11-13-22(18(3)4)24(21)28-16-19-14-20(26(5,6)7)15-23(25(19)29)27(8,9)10;1-2-12-5-6-14-9-10-15-8-7-13-4-3-11-1;/h11-18,29H,1-10H3;1-10H2;/q;;+1/p-1. The van der Waals surface area contributed by atoms with Gasteiger partial charge in [-0.15, -0.1) is 0 Å². The molecule has 0 aromatic heterocycles. The third-order valence-corrected chi connectivity index (χ3v) is 7.33. The van der Waals surface area contributed by atoms with Gasteiger partial charge in [0.2, 0.25) is 0 Å². The van der Waals surface area contributed by atoms with Crippen molar-refractivity contribution >= 4 is 11.9 Å². The van der Waals surface area contributed by atoms with E-state index >= 15 is 0 Å². The van der Waals surface area contributed by atoms with Crippen LogP contribution in [0.5, 0.6) is 5.75 Å². The van der Waals surface area contributed by atoms with E-state index in [-0.39, 0.29) is 46.1 Å². The average molecular weight is 636 g/mol. The molecule has 8 heteroatoms. The molecule has 0 aliphatic carbocycles. The number of aliphatic imine (C=N–C) groups is 1. The summed E-state index contributed by atoms with van der Waals surface area (Å²) in [6.07, 6.45) is 1.79. The van der Waals surface area contributed by atoms with E-state index in [4.69, 9.17) is 28.7 Å². The van der Waals surface area contributed by atoms with Crippen molar-refractivity contribution < 1.29 is 58.3 Å². The summed E-state index contributed by atoms with van der Waals surface area (Å²) in [4.78, 5) is 4.90. The van der Waals surface area contributed by atoms with Crippen molar-refractivity contribution in [3.63, 3.8) is 0 Å². The van der Waals surface area contributed by atoms with E-state index in [1.807, 2.05) is 6.07 Å². The zero-order chi connectivity index (χ0) is 32.8. The van der Waals surface area contributed by atoms with Gasteiger partial charge in [0.15, 0.2) is 0 Å². The molecule has 7 nitrogen and oxygen atoms in total. The van der Waals surface area contributed by atoms with Crippen LogP contribution in [0, 0.1) is 0 Å². The molecule has 0 atom stereocenters. The minimum absolute atomic E-state index is 0. The molecular formula is C37H58NNaO6. The Morgan fingerprint density at radius 3 is 1.33 bits per heavy atom. The van der Waals surface area contributed by atoms with Gasteiger partial charge in [0, 0.05) is 6.21 Å². The van der Waals surface area contributed by atoms with Crippen molar-refractivity contribution in [3.05, 3.63) is 58.1 Å². The number of benzene rings is 2. The Morgan fingerprint density at radius 2 is 1.02 bits per heavy atom. The van der Waals surface area contributed by atoms with E-state index in [1.165, 1.54) is 16.7 Å². The van der Waals surface area contributed by atoms with Gasteiger partial charge >= 0.3 is 29.6 Å². The quantitative estimate of drug-likeness (QED) is 0.365. The predicted octanol–water partition coefficient (Wildman–Crippen LogP) is 4.44. The van der Waals surface area contributed by atoms with E-state index in [0.717, 1.165) is 11.3 Å². The molecule has 1 fully saturated rings. The van der Waals surface area contributed by atoms with Crippen LogP contribution in [0.4, 0.5) is 5.69 Å². The van der Waals surface area contributed by atoms with E-state index in [2.05, 4.69) is 93.5 Å². The third kappa shape index (κ3) is 15.0. The topological polar surface area (TPSA) is 81.6 Å². The Hall–Kier alpha value is -1.29. The second-order valence-corrected chi connectivity index (χ2v) is 13.9. The zero-order valence-electron chi connectivity index (χ0n) is 30.1. The number of rotatable bonds is 4. The second kappa shape index (κ2) is 20.8. The Morgan fingerprint density at radius 1 is 0.644 bits per heavy atom. The van der Waals surface area contributed by atoms with Crippen LogP contribution >= 0.6 is 0 Å². The van der Waals surface area contributed by atoms with Gasteiger partial charge in [-0.3, -0.25) is 4.99 Å². The van der Waals surface area contributed by atoms with Crippen molar-refractivity contribution in [1.29, 1.82) is 0 Å². The molecule has 45 heavy (non-hydrogen) atoms. The summed E-state index contributed by atoms with van der Waals surface area (Å²) in [6.45, 7) is 27.7. The Kier molecular flexibility index (Phi) is 19.3. The van der Waals surface area contributed by atoms with Gasteiger partial charge in [-0.2, -0.15) is 0 Å². The molecule has 0 unspecified atom stereocenters. The van der Waals surface area contributed by atoms with E-state index in [1.54, 1.807) is 6.21 Å². The van der Waals surface area contributed by atoms with Crippen LogP contribution in [0.1, 0.15) is 109 Å². The van der Waals surface area contributed by atoms with Gasteiger partial charge in [-0.1, -0.05) is 105 Å². The van der Waals surface area contributed by atoms with Crippen LogP contribution < -0.4 is 34.7 Å². The van der Waals surface area contributed by atoms with Gasteiger partial charge in [-0.05, 0) is 50.5 Å². The van der Waals surface area contributed by atoms with Crippen molar-refractivity contribution in [3.8, 4) is 5.75 Å². The summed E-state index contributed by atoms with van der Waals surface area (Å²) in [5, 5.41) is 13.3. The Labute approximate surface area is 295 Å². The predicted molar refractivity (Wildman–Crippen MR) is 179 cm³/mol. The average Bonchev–Trinajstić information content (AvgIpc) is 2.95. The summed E-state index contributed by atoms with van der Waals surface area (Å²) in [5.74, 6) is 0.833. The fraction of sp³-hybridized carbons (Fsp3) is 0.649. The fourth-order valence-electron chi connectivity index (χ4n) is 4.63. The minimum Gasteiger partial charge on any atom is -0.872 e. The van der Waals surface area contributed by atoms with Gasteiger partial charge in [-0.25, -0.2) is 0 Å². The van der Waals surface area contributed by atoms with Crippen molar-refractivity contribution in [2.75, 3.05) is 66.1 Å². The Balaban J connectivity index is 0.000000534. The summed E-state index contributed by atoms with van der Waals surface area (Å²) >= 11 is 0. The number of nitrogens with zero attached hydrogens (tertiary/aromatic N) is 1. The van der Waals surface area contributed by atoms with E-state index in [9.17, 15) is 5.11 Å². The normalized spacial score (nSPS) is 16.4. The molecule has 2 aromatic carbocycles. The van der Waals surface area contributed by atoms with Gasteiger partial charge in [0.25, 0.3) is 0 Å². The minimum atomic E-state index is -0.208.